The minimum absolute atomic E-state index is 0.510. The quantitative estimate of drug-likeness (QED) is 0.595. The molecule has 3 aliphatic carbocycles. The summed E-state index contributed by atoms with van der Waals surface area (Å²) < 4.78 is 11.5. The predicted octanol–water partition coefficient (Wildman–Crippen LogP) is 5.98. The molecular weight excluding hydrogens is 332 g/mol. The normalized spacial score (nSPS) is 33.5. The van der Waals surface area contributed by atoms with Gasteiger partial charge in [0.2, 0.25) is 0 Å². The number of allylic oxidation sites excluding steroid dienone is 1. The molecule has 3 aliphatic rings. The van der Waals surface area contributed by atoms with Gasteiger partial charge in [-0.2, -0.15) is 0 Å². The average Bonchev–Trinajstić information content (AvgIpc) is 2.72. The van der Waals surface area contributed by atoms with E-state index in [2.05, 4.69) is 37.3 Å². The summed E-state index contributed by atoms with van der Waals surface area (Å²) in [5, 5.41) is 0. The number of hydrogen-bond acceptors (Lipinski definition) is 2. The molecule has 27 heavy (non-hydrogen) atoms. The highest BCUT2D eigenvalue weighted by Gasteiger charge is 2.38. The fraction of sp³-hybridized carbons (Fsp3) is 0.680. The molecule has 1 aromatic rings. The first-order chi connectivity index (χ1) is 13.3. The van der Waals surface area contributed by atoms with Crippen LogP contribution in [0, 0.1) is 23.7 Å². The van der Waals surface area contributed by atoms with Crippen molar-refractivity contribution in [2.45, 2.75) is 70.8 Å². The Bertz CT molecular complexity index is 650. The molecule has 0 radical (unpaired) electrons. The Morgan fingerprint density at radius 2 is 1.70 bits per heavy atom. The van der Waals surface area contributed by atoms with Gasteiger partial charge in [0.25, 0.3) is 0 Å². The Labute approximate surface area is 165 Å². The van der Waals surface area contributed by atoms with Crippen LogP contribution in [0.3, 0.4) is 0 Å². The van der Waals surface area contributed by atoms with Crippen molar-refractivity contribution in [3.8, 4) is 5.75 Å². The van der Waals surface area contributed by atoms with Gasteiger partial charge >= 0.3 is 0 Å². The summed E-state index contributed by atoms with van der Waals surface area (Å²) in [4.78, 5) is 0. The topological polar surface area (TPSA) is 18.5 Å². The van der Waals surface area contributed by atoms with Gasteiger partial charge in [0.05, 0.1) is 19.8 Å². The van der Waals surface area contributed by atoms with Crippen molar-refractivity contribution in [1.82, 2.24) is 0 Å². The van der Waals surface area contributed by atoms with Gasteiger partial charge in [0, 0.05) is 0 Å². The summed E-state index contributed by atoms with van der Waals surface area (Å²) >= 11 is 0. The Hall–Kier alpha value is -1.28. The molecule has 0 aromatic heterocycles. The lowest BCUT2D eigenvalue weighted by molar-refractivity contribution is -0.0138. The van der Waals surface area contributed by atoms with Crippen LogP contribution in [-0.2, 0) is 17.6 Å². The van der Waals surface area contributed by atoms with Crippen molar-refractivity contribution >= 4 is 0 Å². The number of ether oxygens (including phenoxy) is 2. The van der Waals surface area contributed by atoms with Crippen LogP contribution in [0.2, 0.25) is 0 Å². The molecule has 0 heterocycles. The van der Waals surface area contributed by atoms with E-state index in [0.29, 0.717) is 6.10 Å². The molecule has 0 saturated heterocycles. The van der Waals surface area contributed by atoms with Crippen LogP contribution < -0.4 is 4.74 Å². The van der Waals surface area contributed by atoms with Crippen LogP contribution in [0.1, 0.15) is 63.0 Å². The smallest absolute Gasteiger partial charge is 0.119 e. The maximum absolute atomic E-state index is 6.08. The van der Waals surface area contributed by atoms with Gasteiger partial charge in [-0.1, -0.05) is 18.2 Å². The number of benzene rings is 1. The summed E-state index contributed by atoms with van der Waals surface area (Å²) in [6, 6.07) is 6.73. The van der Waals surface area contributed by atoms with Crippen molar-refractivity contribution in [2.24, 2.45) is 23.7 Å². The molecular formula is C25H36O2. The van der Waals surface area contributed by atoms with E-state index in [-0.39, 0.29) is 0 Å². The molecule has 4 rings (SSSR count). The molecule has 2 saturated carbocycles. The zero-order chi connectivity index (χ0) is 18.6. The second kappa shape index (κ2) is 8.82. The van der Waals surface area contributed by atoms with Gasteiger partial charge in [-0.25, -0.2) is 0 Å². The summed E-state index contributed by atoms with van der Waals surface area (Å²) in [5.74, 6) is 4.74. The SMILES string of the molecule is C/C=C/COC1CCC2CC(C3CCc4cc(OC)ccc4C3)CCC2C1. The van der Waals surface area contributed by atoms with E-state index >= 15 is 0 Å². The molecule has 0 aliphatic heterocycles. The molecule has 5 atom stereocenters. The first-order valence-corrected chi connectivity index (χ1v) is 11.1. The van der Waals surface area contributed by atoms with Gasteiger partial charge in [-0.05, 0) is 112 Å². The van der Waals surface area contributed by atoms with Crippen LogP contribution >= 0.6 is 0 Å². The molecule has 148 valence electrons. The lowest BCUT2D eigenvalue weighted by atomic mass is 9.62. The van der Waals surface area contributed by atoms with Crippen LogP contribution in [0.4, 0.5) is 0 Å². The largest absolute Gasteiger partial charge is 0.497 e. The highest BCUT2D eigenvalue weighted by Crippen LogP contribution is 2.47. The van der Waals surface area contributed by atoms with Crippen molar-refractivity contribution in [1.29, 1.82) is 0 Å². The average molecular weight is 369 g/mol. The zero-order valence-electron chi connectivity index (χ0n) is 17.2. The number of methoxy groups -OCH3 is 1. The van der Waals surface area contributed by atoms with E-state index in [0.717, 1.165) is 36.0 Å². The van der Waals surface area contributed by atoms with Gasteiger partial charge in [-0.3, -0.25) is 0 Å². The standard InChI is InChI=1S/C25H36O2/c1-3-4-13-27-25-12-10-21-15-19(6-8-23(21)17-25)18-5-7-22-16-24(26-2)11-9-20(22)14-18/h3-4,9,11,16,18-19,21,23,25H,5-8,10,12-15,17H2,1-2H3/b4-3+. The van der Waals surface area contributed by atoms with E-state index in [1.165, 1.54) is 63.4 Å². The van der Waals surface area contributed by atoms with Crippen LogP contribution in [-0.4, -0.2) is 19.8 Å². The third-order valence-corrected chi connectivity index (χ3v) is 7.62. The number of fused-ring (bicyclic) bond motifs is 2. The number of aryl methyl sites for hydroxylation is 1. The lowest BCUT2D eigenvalue weighted by Crippen LogP contribution is -2.37. The second-order valence-corrected chi connectivity index (χ2v) is 9.07. The van der Waals surface area contributed by atoms with Crippen molar-refractivity contribution in [2.75, 3.05) is 13.7 Å². The van der Waals surface area contributed by atoms with Crippen LogP contribution in [0.25, 0.3) is 0 Å². The van der Waals surface area contributed by atoms with Gasteiger partial charge in [-0.15, -0.1) is 0 Å². The Balaban J connectivity index is 1.31. The Kier molecular flexibility index (Phi) is 6.22. The predicted molar refractivity (Wildman–Crippen MR) is 111 cm³/mol. The molecule has 2 heteroatoms. The van der Waals surface area contributed by atoms with E-state index in [9.17, 15) is 0 Å². The van der Waals surface area contributed by atoms with Gasteiger partial charge in [0.15, 0.2) is 0 Å². The summed E-state index contributed by atoms with van der Waals surface area (Å²) in [7, 11) is 1.77. The van der Waals surface area contributed by atoms with Gasteiger partial charge < -0.3 is 9.47 Å². The summed E-state index contributed by atoms with van der Waals surface area (Å²) in [6.45, 7) is 2.87. The zero-order valence-corrected chi connectivity index (χ0v) is 17.2. The fourth-order valence-corrected chi connectivity index (χ4v) is 6.04. The highest BCUT2D eigenvalue weighted by atomic mass is 16.5. The van der Waals surface area contributed by atoms with E-state index in [1.54, 1.807) is 12.7 Å². The highest BCUT2D eigenvalue weighted by molar-refractivity contribution is 5.37. The molecule has 0 spiro atoms. The number of rotatable bonds is 5. The first kappa shape index (κ1) is 19.1. The molecule has 0 N–H and O–H groups in total. The molecule has 2 fully saturated rings. The van der Waals surface area contributed by atoms with E-state index < -0.39 is 0 Å². The molecule has 1 aromatic carbocycles. The minimum atomic E-state index is 0.510. The number of hydrogen-bond donors (Lipinski definition) is 0. The van der Waals surface area contributed by atoms with Gasteiger partial charge in [0.1, 0.15) is 5.75 Å². The third kappa shape index (κ3) is 4.42. The maximum atomic E-state index is 6.08. The first-order valence-electron chi connectivity index (χ1n) is 11.1. The molecule has 2 nitrogen and oxygen atoms in total. The van der Waals surface area contributed by atoms with Crippen molar-refractivity contribution in [3.05, 3.63) is 41.5 Å². The Morgan fingerprint density at radius 1 is 0.926 bits per heavy atom. The van der Waals surface area contributed by atoms with Crippen LogP contribution in [0.15, 0.2) is 30.4 Å². The van der Waals surface area contributed by atoms with E-state index in [1.807, 2.05) is 0 Å². The monoisotopic (exact) mass is 368 g/mol. The van der Waals surface area contributed by atoms with Crippen LogP contribution in [0.5, 0.6) is 5.75 Å². The maximum Gasteiger partial charge on any atom is 0.119 e. The molecule has 0 bridgehead atoms. The third-order valence-electron chi connectivity index (χ3n) is 7.62. The summed E-state index contributed by atoms with van der Waals surface area (Å²) in [5.41, 5.74) is 3.10. The summed E-state index contributed by atoms with van der Waals surface area (Å²) in [6.07, 6.45) is 17.0. The Morgan fingerprint density at radius 3 is 2.52 bits per heavy atom. The molecule has 5 unspecified atom stereocenters. The van der Waals surface area contributed by atoms with Crippen molar-refractivity contribution in [3.63, 3.8) is 0 Å². The molecule has 0 amide bonds. The minimum Gasteiger partial charge on any atom is -0.497 e. The fourth-order valence-electron chi connectivity index (χ4n) is 6.04. The van der Waals surface area contributed by atoms with Crippen molar-refractivity contribution < 1.29 is 9.47 Å². The second-order valence-electron chi connectivity index (χ2n) is 9.07. The lowest BCUT2D eigenvalue weighted by Gasteiger charge is -2.44. The van der Waals surface area contributed by atoms with E-state index in [4.69, 9.17) is 9.47 Å².